The zero-order chi connectivity index (χ0) is 22.7. The van der Waals surface area contributed by atoms with Crippen molar-refractivity contribution < 1.29 is 23.9 Å². The van der Waals surface area contributed by atoms with E-state index in [1.165, 1.54) is 51.4 Å². The van der Waals surface area contributed by atoms with Gasteiger partial charge in [-0.05, 0) is 25.7 Å². The molecule has 6 nitrogen and oxygen atoms in total. The van der Waals surface area contributed by atoms with Crippen molar-refractivity contribution in [2.24, 2.45) is 0 Å². The molecule has 0 saturated carbocycles. The van der Waals surface area contributed by atoms with Gasteiger partial charge in [0.2, 0.25) is 5.91 Å². The highest BCUT2D eigenvalue weighted by atomic mass is 16.6. The van der Waals surface area contributed by atoms with Crippen molar-refractivity contribution >= 4 is 17.8 Å². The zero-order valence-electron chi connectivity index (χ0n) is 19.9. The molecule has 0 aromatic rings. The highest BCUT2D eigenvalue weighted by Gasteiger charge is 2.32. The van der Waals surface area contributed by atoms with Gasteiger partial charge in [-0.15, -0.1) is 0 Å². The van der Waals surface area contributed by atoms with Crippen molar-refractivity contribution in [3.05, 3.63) is 0 Å². The van der Waals surface area contributed by atoms with Gasteiger partial charge in [0.15, 0.2) is 6.10 Å². The summed E-state index contributed by atoms with van der Waals surface area (Å²) in [5.41, 5.74) is 0. The van der Waals surface area contributed by atoms with Crippen molar-refractivity contribution in [1.29, 1.82) is 0 Å². The van der Waals surface area contributed by atoms with E-state index in [9.17, 15) is 14.4 Å². The lowest BCUT2D eigenvalue weighted by atomic mass is 10.1. The Morgan fingerprint density at radius 2 is 1.42 bits per heavy atom. The van der Waals surface area contributed by atoms with Crippen molar-refractivity contribution in [3.8, 4) is 0 Å². The largest absolute Gasteiger partial charge is 0.463 e. The van der Waals surface area contributed by atoms with Crippen molar-refractivity contribution in [1.82, 2.24) is 5.32 Å². The van der Waals surface area contributed by atoms with Crippen LogP contribution in [0.5, 0.6) is 0 Å². The third-order valence-electron chi connectivity index (χ3n) is 5.86. The van der Waals surface area contributed by atoms with Crippen LogP contribution in [-0.4, -0.2) is 36.6 Å². The number of hydrogen-bond donors (Lipinski definition) is 1. The van der Waals surface area contributed by atoms with Crippen LogP contribution in [0.4, 0.5) is 0 Å². The van der Waals surface area contributed by atoms with Gasteiger partial charge in [-0.25, -0.2) is 9.59 Å². The van der Waals surface area contributed by atoms with Crippen LogP contribution in [0.25, 0.3) is 0 Å². The molecule has 6 heteroatoms. The first-order chi connectivity index (χ1) is 15.1. The summed E-state index contributed by atoms with van der Waals surface area (Å²) in [4.78, 5) is 36.1. The molecule has 31 heavy (non-hydrogen) atoms. The average Bonchev–Trinajstić information content (AvgIpc) is 3.20. The number of carbonyl (C=O) groups excluding carboxylic acids is 3. The molecule has 0 aromatic heterocycles. The van der Waals surface area contributed by atoms with Gasteiger partial charge in [-0.3, -0.25) is 4.79 Å². The molecule has 1 N–H and O–H groups in total. The van der Waals surface area contributed by atoms with Gasteiger partial charge in [0, 0.05) is 6.42 Å². The van der Waals surface area contributed by atoms with Crippen LogP contribution < -0.4 is 5.32 Å². The third kappa shape index (κ3) is 13.4. The van der Waals surface area contributed by atoms with Crippen molar-refractivity contribution in [3.63, 3.8) is 0 Å². The Labute approximate surface area is 189 Å². The Hall–Kier alpha value is -1.59. The number of amides is 1. The van der Waals surface area contributed by atoms with Crippen LogP contribution in [0.3, 0.4) is 0 Å². The van der Waals surface area contributed by atoms with Crippen LogP contribution >= 0.6 is 0 Å². The summed E-state index contributed by atoms with van der Waals surface area (Å²) >= 11 is 0. The van der Waals surface area contributed by atoms with Crippen molar-refractivity contribution in [2.45, 2.75) is 135 Å². The van der Waals surface area contributed by atoms with Crippen LogP contribution in [0, 0.1) is 0 Å². The lowest BCUT2D eigenvalue weighted by Crippen LogP contribution is -2.39. The smallest absolute Gasteiger partial charge is 0.347 e. The minimum absolute atomic E-state index is 0.148. The normalized spacial score (nSPS) is 16.7. The van der Waals surface area contributed by atoms with Gasteiger partial charge < -0.3 is 14.8 Å². The maximum absolute atomic E-state index is 12.5. The molecule has 0 aromatic carbocycles. The molecule has 0 radical (unpaired) electrons. The van der Waals surface area contributed by atoms with E-state index in [1.54, 1.807) is 0 Å². The van der Waals surface area contributed by atoms with E-state index in [1.807, 2.05) is 0 Å². The number of nitrogens with one attached hydrogen (secondary N) is 1. The van der Waals surface area contributed by atoms with Crippen LogP contribution in [0.15, 0.2) is 0 Å². The molecule has 0 spiro atoms. The number of esters is 2. The fourth-order valence-electron chi connectivity index (χ4n) is 3.85. The Morgan fingerprint density at radius 1 is 0.871 bits per heavy atom. The van der Waals surface area contributed by atoms with Crippen LogP contribution in [0.1, 0.15) is 123 Å². The number of unbranched alkanes of at least 4 members (excludes halogenated alkanes) is 12. The second-order valence-corrected chi connectivity index (χ2v) is 8.78. The van der Waals surface area contributed by atoms with E-state index in [0.717, 1.165) is 38.5 Å². The molecule has 0 bridgehead atoms. The topological polar surface area (TPSA) is 81.7 Å². The summed E-state index contributed by atoms with van der Waals surface area (Å²) in [6, 6.07) is -0.639. The maximum atomic E-state index is 12.5. The standard InChI is InChI=1S/C25H45NO5/c1-3-5-7-9-10-11-12-13-14-16-20-30-25(29)22(17-15-8-6-4-2)31-24(28)21-18-19-23(27)26-21/h21-22H,3-20H2,1-2H3,(H,26,27)/t21-,22?/m0/s1. The van der Waals surface area contributed by atoms with E-state index in [4.69, 9.17) is 9.47 Å². The molecule has 1 saturated heterocycles. The Morgan fingerprint density at radius 3 is 1.97 bits per heavy atom. The van der Waals surface area contributed by atoms with Crippen LogP contribution in [-0.2, 0) is 23.9 Å². The molecule has 1 amide bonds. The zero-order valence-corrected chi connectivity index (χ0v) is 19.9. The number of hydrogen-bond acceptors (Lipinski definition) is 5. The molecule has 1 aliphatic rings. The lowest BCUT2D eigenvalue weighted by molar-refractivity contribution is -0.169. The van der Waals surface area contributed by atoms with E-state index in [-0.39, 0.29) is 5.91 Å². The van der Waals surface area contributed by atoms with Crippen LogP contribution in [0.2, 0.25) is 0 Å². The Kier molecular flexibility index (Phi) is 16.0. The van der Waals surface area contributed by atoms with E-state index < -0.39 is 24.1 Å². The molecule has 1 heterocycles. The lowest BCUT2D eigenvalue weighted by Gasteiger charge is -2.19. The summed E-state index contributed by atoms with van der Waals surface area (Å²) < 4.78 is 10.9. The van der Waals surface area contributed by atoms with E-state index in [0.29, 0.717) is 25.9 Å². The number of rotatable bonds is 19. The third-order valence-corrected chi connectivity index (χ3v) is 5.86. The van der Waals surface area contributed by atoms with Gasteiger partial charge in [0.05, 0.1) is 6.61 Å². The predicted octanol–water partition coefficient (Wildman–Crippen LogP) is 5.61. The maximum Gasteiger partial charge on any atom is 0.347 e. The highest BCUT2D eigenvalue weighted by molar-refractivity contribution is 5.89. The molecule has 1 aliphatic heterocycles. The predicted molar refractivity (Wildman–Crippen MR) is 123 cm³/mol. The summed E-state index contributed by atoms with van der Waals surface area (Å²) in [7, 11) is 0. The fourth-order valence-corrected chi connectivity index (χ4v) is 3.85. The average molecular weight is 440 g/mol. The number of ether oxygens (including phenoxy) is 2. The monoisotopic (exact) mass is 439 g/mol. The van der Waals surface area contributed by atoms with Gasteiger partial charge in [-0.2, -0.15) is 0 Å². The van der Waals surface area contributed by atoms with E-state index in [2.05, 4.69) is 19.2 Å². The first-order valence-electron chi connectivity index (χ1n) is 12.7. The van der Waals surface area contributed by atoms with Crippen molar-refractivity contribution in [2.75, 3.05) is 6.61 Å². The molecule has 180 valence electrons. The Bertz CT molecular complexity index is 508. The summed E-state index contributed by atoms with van der Waals surface area (Å²) in [5.74, 6) is -1.13. The number of carbonyl (C=O) groups is 3. The fraction of sp³-hybridized carbons (Fsp3) is 0.880. The SMILES string of the molecule is CCCCCCCCCCCCOC(=O)C(CCCCCC)OC(=O)[C@@H]1CCC(=O)N1. The molecular formula is C25H45NO5. The first-order valence-corrected chi connectivity index (χ1v) is 12.7. The minimum Gasteiger partial charge on any atom is -0.463 e. The van der Waals surface area contributed by atoms with Gasteiger partial charge >= 0.3 is 11.9 Å². The second-order valence-electron chi connectivity index (χ2n) is 8.78. The minimum atomic E-state index is -0.870. The second kappa shape index (κ2) is 18.0. The highest BCUT2D eigenvalue weighted by Crippen LogP contribution is 2.15. The molecule has 1 fully saturated rings. The summed E-state index contributed by atoms with van der Waals surface area (Å²) in [6.07, 6.45) is 16.6. The van der Waals surface area contributed by atoms with Gasteiger partial charge in [0.25, 0.3) is 0 Å². The molecule has 1 rings (SSSR count). The molecule has 0 aliphatic carbocycles. The van der Waals surface area contributed by atoms with Gasteiger partial charge in [-0.1, -0.05) is 90.9 Å². The summed E-state index contributed by atoms with van der Waals surface area (Å²) in [6.45, 7) is 4.74. The first kappa shape index (κ1) is 27.4. The Balaban J connectivity index is 2.23. The molecule has 2 atom stereocenters. The molecule has 1 unspecified atom stereocenters. The van der Waals surface area contributed by atoms with Gasteiger partial charge in [0.1, 0.15) is 6.04 Å². The summed E-state index contributed by atoms with van der Waals surface area (Å²) in [5, 5.41) is 2.60. The van der Waals surface area contributed by atoms with E-state index >= 15 is 0 Å². The molecular weight excluding hydrogens is 394 g/mol. The quantitative estimate of drug-likeness (QED) is 0.209.